The molecule has 1 atom stereocenters. The van der Waals surface area contributed by atoms with E-state index in [4.69, 9.17) is 4.74 Å². The van der Waals surface area contributed by atoms with Crippen LogP contribution in [0.25, 0.3) is 0 Å². The average molecular weight is 344 g/mol. The predicted octanol–water partition coefficient (Wildman–Crippen LogP) is 1.86. The average Bonchev–Trinajstić information content (AvgIpc) is 2.99. The number of nitrogens with zero attached hydrogens (tertiary/aromatic N) is 3. The van der Waals surface area contributed by atoms with Crippen molar-refractivity contribution in [3.05, 3.63) is 52.0 Å². The molecule has 0 spiro atoms. The number of rotatable bonds is 6. The van der Waals surface area contributed by atoms with Gasteiger partial charge in [-0.2, -0.15) is 0 Å². The first-order valence-electron chi connectivity index (χ1n) is 8.18. The molecule has 0 saturated heterocycles. The summed E-state index contributed by atoms with van der Waals surface area (Å²) < 4.78 is 7.33. The Kier molecular flexibility index (Phi) is 4.97. The summed E-state index contributed by atoms with van der Waals surface area (Å²) in [5.41, 5.74) is 1.16. The molecule has 2 aromatic rings. The molecule has 1 aliphatic rings. The van der Waals surface area contributed by atoms with Crippen LogP contribution in [0.4, 0.5) is 5.82 Å². The van der Waals surface area contributed by atoms with E-state index < -0.39 is 4.92 Å². The Labute approximate surface area is 145 Å². The Hall–Kier alpha value is -2.90. The number of carbonyl (C=O) groups excluding carboxylic acids is 1. The van der Waals surface area contributed by atoms with Crippen LogP contribution in [-0.2, 0) is 17.8 Å². The van der Waals surface area contributed by atoms with Crippen LogP contribution >= 0.6 is 0 Å². The van der Waals surface area contributed by atoms with Gasteiger partial charge in [-0.05, 0) is 28.0 Å². The van der Waals surface area contributed by atoms with Crippen LogP contribution in [0, 0.1) is 23.0 Å². The normalized spacial score (nSPS) is 16.0. The van der Waals surface area contributed by atoms with E-state index in [1.54, 1.807) is 11.5 Å². The first kappa shape index (κ1) is 16.9. The molecule has 0 saturated carbocycles. The predicted molar refractivity (Wildman–Crippen MR) is 90.4 cm³/mol. The second kappa shape index (κ2) is 7.33. The highest BCUT2D eigenvalue weighted by Crippen LogP contribution is 2.26. The molecule has 0 radical (unpaired) electrons. The third-order valence-electron chi connectivity index (χ3n) is 4.27. The summed E-state index contributed by atoms with van der Waals surface area (Å²) >= 11 is 0. The minimum atomic E-state index is -0.537. The summed E-state index contributed by atoms with van der Waals surface area (Å²) in [6.07, 6.45) is 2.48. The zero-order valence-corrected chi connectivity index (χ0v) is 14.0. The summed E-state index contributed by atoms with van der Waals surface area (Å²) in [4.78, 5) is 26.1. The molecule has 0 aliphatic carbocycles. The number of nitrogens with one attached hydrogen (secondary N) is 1. The number of amides is 1. The molecular weight excluding hydrogens is 324 g/mol. The van der Waals surface area contributed by atoms with E-state index >= 15 is 0 Å². The number of benzene rings is 1. The molecule has 25 heavy (non-hydrogen) atoms. The lowest BCUT2D eigenvalue weighted by Crippen LogP contribution is -2.35. The van der Waals surface area contributed by atoms with Gasteiger partial charge in [-0.3, -0.25) is 4.79 Å². The Morgan fingerprint density at radius 3 is 3.04 bits per heavy atom. The number of ether oxygens (including phenoxy) is 1. The number of aromatic nitrogens is 2. The molecule has 1 aromatic carbocycles. The minimum absolute atomic E-state index is 0.0883. The van der Waals surface area contributed by atoms with E-state index in [0.717, 1.165) is 17.7 Å². The van der Waals surface area contributed by atoms with Crippen molar-refractivity contribution in [3.8, 4) is 5.75 Å². The molecule has 2 heterocycles. The molecule has 8 nitrogen and oxygen atoms in total. The standard InChI is InChI=1S/C17H20N4O4/c1-12-19-16(21(23)24)10-20(12)7-6-17(22)18-9-13-8-14-4-2-3-5-15(14)25-11-13/h2-5,10,13H,6-9,11H2,1H3,(H,18,22)/t13-/m1/s1. The third-order valence-corrected chi connectivity index (χ3v) is 4.27. The van der Waals surface area contributed by atoms with Gasteiger partial charge in [-0.25, -0.2) is 0 Å². The van der Waals surface area contributed by atoms with Crippen LogP contribution in [0.3, 0.4) is 0 Å². The first-order valence-corrected chi connectivity index (χ1v) is 8.18. The van der Waals surface area contributed by atoms with Gasteiger partial charge in [0, 0.05) is 32.4 Å². The molecule has 1 N–H and O–H groups in total. The SMILES string of the molecule is Cc1nc([N+](=O)[O-])cn1CCC(=O)NC[C@@H]1COc2ccccc2C1. The van der Waals surface area contributed by atoms with Crippen molar-refractivity contribution >= 4 is 11.7 Å². The number of hydrogen-bond donors (Lipinski definition) is 1. The van der Waals surface area contributed by atoms with Crippen molar-refractivity contribution in [1.29, 1.82) is 0 Å². The molecular formula is C17H20N4O4. The van der Waals surface area contributed by atoms with Crippen LogP contribution in [-0.4, -0.2) is 33.5 Å². The number of carbonyl (C=O) groups is 1. The topological polar surface area (TPSA) is 99.3 Å². The lowest BCUT2D eigenvalue weighted by molar-refractivity contribution is -0.389. The van der Waals surface area contributed by atoms with E-state index in [1.165, 1.54) is 6.20 Å². The number of nitro groups is 1. The Morgan fingerprint density at radius 2 is 2.28 bits per heavy atom. The van der Waals surface area contributed by atoms with Crippen molar-refractivity contribution < 1.29 is 14.5 Å². The maximum atomic E-state index is 12.0. The monoisotopic (exact) mass is 344 g/mol. The summed E-state index contributed by atoms with van der Waals surface area (Å²) in [7, 11) is 0. The number of aryl methyl sites for hydroxylation is 2. The third kappa shape index (κ3) is 4.14. The lowest BCUT2D eigenvalue weighted by atomic mass is 9.97. The zero-order valence-electron chi connectivity index (χ0n) is 14.0. The van der Waals surface area contributed by atoms with Gasteiger partial charge in [0.15, 0.2) is 0 Å². The van der Waals surface area contributed by atoms with Crippen molar-refractivity contribution in [2.45, 2.75) is 26.3 Å². The van der Waals surface area contributed by atoms with E-state index in [2.05, 4.69) is 10.3 Å². The highest BCUT2D eigenvalue weighted by Gasteiger charge is 2.20. The second-order valence-corrected chi connectivity index (χ2v) is 6.14. The maximum Gasteiger partial charge on any atom is 0.381 e. The van der Waals surface area contributed by atoms with Crippen LogP contribution in [0.15, 0.2) is 30.5 Å². The van der Waals surface area contributed by atoms with E-state index in [1.807, 2.05) is 24.3 Å². The fourth-order valence-electron chi connectivity index (χ4n) is 2.90. The molecule has 0 fully saturated rings. The summed E-state index contributed by atoms with van der Waals surface area (Å²) in [5.74, 6) is 1.40. The molecule has 3 rings (SSSR count). The summed E-state index contributed by atoms with van der Waals surface area (Å²) in [6, 6.07) is 7.92. The first-order chi connectivity index (χ1) is 12.0. The van der Waals surface area contributed by atoms with Gasteiger partial charge in [0.1, 0.15) is 11.9 Å². The van der Waals surface area contributed by atoms with Crippen LogP contribution in [0.5, 0.6) is 5.75 Å². The second-order valence-electron chi connectivity index (χ2n) is 6.14. The molecule has 1 aromatic heterocycles. The van der Waals surface area contributed by atoms with Gasteiger partial charge in [0.05, 0.1) is 6.61 Å². The molecule has 0 bridgehead atoms. The summed E-state index contributed by atoms with van der Waals surface area (Å²) in [6.45, 7) is 3.19. The van der Waals surface area contributed by atoms with E-state index in [0.29, 0.717) is 25.5 Å². The van der Waals surface area contributed by atoms with E-state index in [9.17, 15) is 14.9 Å². The Morgan fingerprint density at radius 1 is 1.48 bits per heavy atom. The number of fused-ring (bicyclic) bond motifs is 1. The van der Waals surface area contributed by atoms with Crippen LogP contribution in [0.2, 0.25) is 0 Å². The Balaban J connectivity index is 1.45. The van der Waals surface area contributed by atoms with Crippen molar-refractivity contribution in [2.75, 3.05) is 13.2 Å². The highest BCUT2D eigenvalue weighted by molar-refractivity contribution is 5.75. The number of hydrogen-bond acceptors (Lipinski definition) is 5. The highest BCUT2D eigenvalue weighted by atomic mass is 16.6. The lowest BCUT2D eigenvalue weighted by Gasteiger charge is -2.25. The molecule has 0 unspecified atom stereocenters. The number of imidazole rings is 1. The fourth-order valence-corrected chi connectivity index (χ4v) is 2.90. The largest absolute Gasteiger partial charge is 0.493 e. The zero-order chi connectivity index (χ0) is 17.8. The smallest absolute Gasteiger partial charge is 0.381 e. The van der Waals surface area contributed by atoms with Gasteiger partial charge < -0.3 is 24.7 Å². The summed E-state index contributed by atoms with van der Waals surface area (Å²) in [5, 5.41) is 13.6. The van der Waals surface area contributed by atoms with Gasteiger partial charge in [-0.1, -0.05) is 18.2 Å². The van der Waals surface area contributed by atoms with Gasteiger partial charge in [0.2, 0.25) is 11.7 Å². The number of para-hydroxylation sites is 1. The van der Waals surface area contributed by atoms with Gasteiger partial charge >= 0.3 is 5.82 Å². The van der Waals surface area contributed by atoms with Crippen molar-refractivity contribution in [1.82, 2.24) is 14.9 Å². The maximum absolute atomic E-state index is 12.0. The van der Waals surface area contributed by atoms with Gasteiger partial charge in [0.25, 0.3) is 0 Å². The van der Waals surface area contributed by atoms with Crippen molar-refractivity contribution in [3.63, 3.8) is 0 Å². The van der Waals surface area contributed by atoms with Gasteiger partial charge in [-0.15, -0.1) is 0 Å². The molecule has 1 amide bonds. The van der Waals surface area contributed by atoms with Crippen molar-refractivity contribution in [2.24, 2.45) is 5.92 Å². The van der Waals surface area contributed by atoms with Crippen LogP contribution < -0.4 is 10.1 Å². The fraction of sp³-hybridized carbons (Fsp3) is 0.412. The minimum Gasteiger partial charge on any atom is -0.493 e. The van der Waals surface area contributed by atoms with Crippen LogP contribution in [0.1, 0.15) is 17.8 Å². The van der Waals surface area contributed by atoms with E-state index in [-0.39, 0.29) is 24.1 Å². The molecule has 1 aliphatic heterocycles. The quantitative estimate of drug-likeness (QED) is 0.637. The Bertz CT molecular complexity index is 787. The molecule has 132 valence electrons. The molecule has 8 heteroatoms.